The van der Waals surface area contributed by atoms with Gasteiger partial charge in [-0.1, -0.05) is 53.5 Å². The van der Waals surface area contributed by atoms with Crippen molar-refractivity contribution in [1.82, 2.24) is 5.32 Å². The standard InChI is InChI=1S/C20H22Cl2N2O2/c21-15-5-6-17(18(22)11-15)16-4-2-1-3-14(16)12-24-20(25)19(23)13-7-9-26-10-8-13/h1-6,11,13,19H,7-10,12,23H2,(H,24,25). The monoisotopic (exact) mass is 392 g/mol. The zero-order valence-electron chi connectivity index (χ0n) is 14.4. The van der Waals surface area contributed by atoms with Gasteiger partial charge < -0.3 is 15.8 Å². The summed E-state index contributed by atoms with van der Waals surface area (Å²) in [5.74, 6) is 0.0404. The second kappa shape index (κ2) is 8.87. The van der Waals surface area contributed by atoms with Crippen molar-refractivity contribution in [3.8, 4) is 11.1 Å². The fraction of sp³-hybridized carbons (Fsp3) is 0.350. The number of carbonyl (C=O) groups excluding carboxylic acids is 1. The normalized spacial score (nSPS) is 16.3. The summed E-state index contributed by atoms with van der Waals surface area (Å²) < 4.78 is 5.33. The molecule has 0 spiro atoms. The summed E-state index contributed by atoms with van der Waals surface area (Å²) >= 11 is 12.3. The summed E-state index contributed by atoms with van der Waals surface area (Å²) in [7, 11) is 0. The molecular weight excluding hydrogens is 371 g/mol. The molecule has 1 amide bonds. The summed E-state index contributed by atoms with van der Waals surface area (Å²) in [4.78, 5) is 12.5. The van der Waals surface area contributed by atoms with E-state index in [4.69, 9.17) is 33.7 Å². The van der Waals surface area contributed by atoms with E-state index in [2.05, 4.69) is 5.32 Å². The lowest BCUT2D eigenvalue weighted by atomic mass is 9.91. The predicted octanol–water partition coefficient (Wildman–Crippen LogP) is 4.03. The van der Waals surface area contributed by atoms with Crippen LogP contribution in [0.3, 0.4) is 0 Å². The molecule has 0 bridgehead atoms. The zero-order chi connectivity index (χ0) is 18.5. The Balaban J connectivity index is 1.71. The number of nitrogens with one attached hydrogen (secondary N) is 1. The summed E-state index contributed by atoms with van der Waals surface area (Å²) in [6, 6.07) is 12.7. The molecule has 0 radical (unpaired) electrons. The second-order valence-corrected chi connectivity index (χ2v) is 7.32. The third-order valence-corrected chi connectivity index (χ3v) is 5.32. The van der Waals surface area contributed by atoms with E-state index in [-0.39, 0.29) is 11.8 Å². The molecule has 138 valence electrons. The Labute approximate surface area is 163 Å². The van der Waals surface area contributed by atoms with Gasteiger partial charge in [0, 0.05) is 35.4 Å². The van der Waals surface area contributed by atoms with Crippen LogP contribution in [0.25, 0.3) is 11.1 Å². The molecule has 1 unspecified atom stereocenters. The molecule has 4 nitrogen and oxygen atoms in total. The van der Waals surface area contributed by atoms with E-state index in [0.29, 0.717) is 29.8 Å². The summed E-state index contributed by atoms with van der Waals surface area (Å²) in [5, 5.41) is 4.13. The first kappa shape index (κ1) is 19.2. The molecule has 3 N–H and O–H groups in total. The van der Waals surface area contributed by atoms with E-state index >= 15 is 0 Å². The van der Waals surface area contributed by atoms with Crippen molar-refractivity contribution >= 4 is 29.1 Å². The number of hydrogen-bond acceptors (Lipinski definition) is 3. The molecule has 1 aliphatic rings. The van der Waals surface area contributed by atoms with Crippen LogP contribution >= 0.6 is 23.2 Å². The summed E-state index contributed by atoms with van der Waals surface area (Å²) in [5.41, 5.74) is 8.97. The SMILES string of the molecule is NC(C(=O)NCc1ccccc1-c1ccc(Cl)cc1Cl)C1CCOCC1. The molecule has 2 aromatic carbocycles. The van der Waals surface area contributed by atoms with Crippen molar-refractivity contribution in [3.63, 3.8) is 0 Å². The number of nitrogens with two attached hydrogens (primary N) is 1. The molecule has 1 aliphatic heterocycles. The average molecular weight is 393 g/mol. The number of benzene rings is 2. The third-order valence-electron chi connectivity index (χ3n) is 4.77. The van der Waals surface area contributed by atoms with Gasteiger partial charge in [0.25, 0.3) is 0 Å². The fourth-order valence-electron chi connectivity index (χ4n) is 3.23. The second-order valence-electron chi connectivity index (χ2n) is 6.47. The van der Waals surface area contributed by atoms with Gasteiger partial charge in [-0.3, -0.25) is 4.79 Å². The summed E-state index contributed by atoms with van der Waals surface area (Å²) in [6.07, 6.45) is 1.65. The van der Waals surface area contributed by atoms with Crippen LogP contribution in [0.5, 0.6) is 0 Å². The van der Waals surface area contributed by atoms with Crippen LogP contribution in [0.4, 0.5) is 0 Å². The Bertz CT molecular complexity index is 776. The highest BCUT2D eigenvalue weighted by molar-refractivity contribution is 6.36. The van der Waals surface area contributed by atoms with Gasteiger partial charge in [0.15, 0.2) is 0 Å². The first-order chi connectivity index (χ1) is 12.6. The number of halogens is 2. The lowest BCUT2D eigenvalue weighted by molar-refractivity contribution is -0.124. The van der Waals surface area contributed by atoms with E-state index < -0.39 is 6.04 Å². The zero-order valence-corrected chi connectivity index (χ0v) is 15.9. The van der Waals surface area contributed by atoms with Crippen molar-refractivity contribution in [1.29, 1.82) is 0 Å². The van der Waals surface area contributed by atoms with Crippen LogP contribution in [0.15, 0.2) is 42.5 Å². The van der Waals surface area contributed by atoms with Crippen LogP contribution in [-0.4, -0.2) is 25.2 Å². The van der Waals surface area contributed by atoms with E-state index in [1.165, 1.54) is 0 Å². The van der Waals surface area contributed by atoms with E-state index in [9.17, 15) is 4.79 Å². The minimum atomic E-state index is -0.509. The van der Waals surface area contributed by atoms with E-state index in [1.54, 1.807) is 12.1 Å². The fourth-order valence-corrected chi connectivity index (χ4v) is 3.74. The molecule has 2 aromatic rings. The Morgan fingerprint density at radius 3 is 2.62 bits per heavy atom. The van der Waals surface area contributed by atoms with Gasteiger partial charge >= 0.3 is 0 Å². The Morgan fingerprint density at radius 1 is 1.15 bits per heavy atom. The van der Waals surface area contributed by atoms with Gasteiger partial charge in [-0.2, -0.15) is 0 Å². The number of carbonyl (C=O) groups is 1. The maximum absolute atomic E-state index is 12.5. The highest BCUT2D eigenvalue weighted by Crippen LogP contribution is 2.32. The Hall–Kier alpha value is -1.59. The average Bonchev–Trinajstić information content (AvgIpc) is 2.66. The van der Waals surface area contributed by atoms with E-state index in [1.807, 2.05) is 30.3 Å². The van der Waals surface area contributed by atoms with Crippen LogP contribution < -0.4 is 11.1 Å². The number of ether oxygens (including phenoxy) is 1. The number of rotatable bonds is 5. The molecule has 0 aromatic heterocycles. The first-order valence-corrected chi connectivity index (χ1v) is 9.46. The van der Waals surface area contributed by atoms with Gasteiger partial charge in [-0.05, 0) is 42.0 Å². The lowest BCUT2D eigenvalue weighted by Gasteiger charge is -2.26. The van der Waals surface area contributed by atoms with Gasteiger partial charge in [-0.25, -0.2) is 0 Å². The lowest BCUT2D eigenvalue weighted by Crippen LogP contribution is -2.46. The highest BCUT2D eigenvalue weighted by Gasteiger charge is 2.26. The van der Waals surface area contributed by atoms with Crippen molar-refractivity contribution < 1.29 is 9.53 Å². The molecular formula is C20H22Cl2N2O2. The van der Waals surface area contributed by atoms with Gasteiger partial charge in [-0.15, -0.1) is 0 Å². The quantitative estimate of drug-likeness (QED) is 0.806. The van der Waals surface area contributed by atoms with Gasteiger partial charge in [0.2, 0.25) is 5.91 Å². The molecule has 1 heterocycles. The Morgan fingerprint density at radius 2 is 1.88 bits per heavy atom. The molecule has 26 heavy (non-hydrogen) atoms. The topological polar surface area (TPSA) is 64.4 Å². The number of amides is 1. The van der Waals surface area contributed by atoms with Crippen molar-refractivity contribution in [3.05, 3.63) is 58.1 Å². The van der Waals surface area contributed by atoms with Gasteiger partial charge in [0.05, 0.1) is 6.04 Å². The van der Waals surface area contributed by atoms with Crippen LogP contribution in [0, 0.1) is 5.92 Å². The van der Waals surface area contributed by atoms with Crippen LogP contribution in [-0.2, 0) is 16.1 Å². The van der Waals surface area contributed by atoms with Crippen LogP contribution in [0.2, 0.25) is 10.0 Å². The van der Waals surface area contributed by atoms with E-state index in [0.717, 1.165) is 29.5 Å². The van der Waals surface area contributed by atoms with Gasteiger partial charge in [0.1, 0.15) is 0 Å². The maximum atomic E-state index is 12.5. The molecule has 6 heteroatoms. The van der Waals surface area contributed by atoms with Crippen molar-refractivity contribution in [2.45, 2.75) is 25.4 Å². The first-order valence-electron chi connectivity index (χ1n) is 8.70. The molecule has 1 atom stereocenters. The molecule has 0 saturated carbocycles. The largest absolute Gasteiger partial charge is 0.381 e. The van der Waals surface area contributed by atoms with Crippen molar-refractivity contribution in [2.75, 3.05) is 13.2 Å². The third kappa shape index (κ3) is 4.57. The molecule has 1 saturated heterocycles. The smallest absolute Gasteiger partial charge is 0.237 e. The molecule has 0 aliphatic carbocycles. The minimum absolute atomic E-state index is 0.131. The maximum Gasteiger partial charge on any atom is 0.237 e. The summed E-state index contributed by atoms with van der Waals surface area (Å²) in [6.45, 7) is 1.73. The highest BCUT2D eigenvalue weighted by atomic mass is 35.5. The Kier molecular flexibility index (Phi) is 6.54. The molecule has 3 rings (SSSR count). The van der Waals surface area contributed by atoms with Crippen molar-refractivity contribution in [2.24, 2.45) is 11.7 Å². The van der Waals surface area contributed by atoms with Crippen LogP contribution in [0.1, 0.15) is 18.4 Å². The number of hydrogen-bond donors (Lipinski definition) is 2. The minimum Gasteiger partial charge on any atom is -0.381 e. The predicted molar refractivity (Wildman–Crippen MR) is 105 cm³/mol. The molecule has 1 fully saturated rings.